The van der Waals surface area contributed by atoms with Gasteiger partial charge in [-0.3, -0.25) is 4.79 Å². The Morgan fingerprint density at radius 3 is 2.42 bits per heavy atom. The van der Waals surface area contributed by atoms with E-state index in [-0.39, 0.29) is 29.7 Å². The number of nitrogens with zero attached hydrogens (tertiary/aromatic N) is 4. The molecule has 0 radical (unpaired) electrons. The molecule has 1 aromatic heterocycles. The van der Waals surface area contributed by atoms with Crippen LogP contribution in [0.5, 0.6) is 0 Å². The second-order valence-electron chi connectivity index (χ2n) is 10.1. The molecule has 3 amide bonds. The Kier molecular flexibility index (Phi) is 7.17. The zero-order valence-electron chi connectivity index (χ0n) is 20.6. The van der Waals surface area contributed by atoms with Crippen molar-refractivity contribution in [3.05, 3.63) is 59.0 Å². The second kappa shape index (κ2) is 10.4. The lowest BCUT2D eigenvalue weighted by molar-refractivity contribution is -0.138. The number of aliphatic hydroxyl groups is 1. The molecule has 0 saturated carbocycles. The van der Waals surface area contributed by atoms with Gasteiger partial charge >= 0.3 is 12.2 Å². The quantitative estimate of drug-likeness (QED) is 0.574. The number of anilines is 1. The number of hydrogen-bond acceptors (Lipinski definition) is 5. The van der Waals surface area contributed by atoms with E-state index in [2.05, 4.69) is 10.3 Å². The number of halogens is 4. The number of urea groups is 1. The number of nitrogens with one attached hydrogen (secondary N) is 1. The highest BCUT2D eigenvalue weighted by molar-refractivity contribution is 5.94. The van der Waals surface area contributed by atoms with Crippen LogP contribution >= 0.6 is 0 Å². The van der Waals surface area contributed by atoms with E-state index in [0.717, 1.165) is 5.56 Å². The van der Waals surface area contributed by atoms with Crippen LogP contribution in [0.15, 0.2) is 36.5 Å². The van der Waals surface area contributed by atoms with E-state index in [1.54, 1.807) is 26.8 Å². The molecule has 2 N–H and O–H groups in total. The molecule has 0 spiro atoms. The standard InChI is InChI=1S/C26H29F4N5O3/c27-21-11-19(26(28,29)30)12-31-23(21)33-8-5-17(6-9-33)22-13-32-25(38)35(22)14-16-1-3-18(4-2-16)24(37)34-10-7-20(36)15-34/h1-4,11-12,17,20,22,36H,5-10,13-15H2,(H,32,38)/t20-,22?/m1/s1. The summed E-state index contributed by atoms with van der Waals surface area (Å²) in [4.78, 5) is 34.0. The molecule has 0 bridgehead atoms. The Hall–Kier alpha value is -3.41. The van der Waals surface area contributed by atoms with Crippen molar-refractivity contribution in [1.82, 2.24) is 20.1 Å². The van der Waals surface area contributed by atoms with Crippen LogP contribution < -0.4 is 10.2 Å². The minimum Gasteiger partial charge on any atom is -0.391 e. The number of likely N-dealkylation sites (tertiary alicyclic amines) is 1. The molecule has 2 aromatic rings. The van der Waals surface area contributed by atoms with Gasteiger partial charge < -0.3 is 25.1 Å². The molecule has 1 unspecified atom stereocenters. The van der Waals surface area contributed by atoms with Gasteiger partial charge in [-0.15, -0.1) is 0 Å². The number of aromatic nitrogens is 1. The summed E-state index contributed by atoms with van der Waals surface area (Å²) in [5.74, 6) is -1.09. The largest absolute Gasteiger partial charge is 0.417 e. The van der Waals surface area contributed by atoms with Gasteiger partial charge in [0, 0.05) is 51.0 Å². The molecule has 5 rings (SSSR count). The molecule has 204 valence electrons. The number of amides is 3. The predicted octanol–water partition coefficient (Wildman–Crippen LogP) is 3.26. The van der Waals surface area contributed by atoms with Gasteiger partial charge in [-0.2, -0.15) is 13.2 Å². The van der Waals surface area contributed by atoms with Crippen LogP contribution in [0.1, 0.15) is 40.7 Å². The van der Waals surface area contributed by atoms with E-state index in [1.165, 1.54) is 0 Å². The Bertz CT molecular complexity index is 1180. The van der Waals surface area contributed by atoms with Crippen LogP contribution in [0.25, 0.3) is 0 Å². The number of carbonyl (C=O) groups is 2. The van der Waals surface area contributed by atoms with E-state index < -0.39 is 23.7 Å². The van der Waals surface area contributed by atoms with Gasteiger partial charge in [-0.05, 0) is 48.9 Å². The topological polar surface area (TPSA) is 89.0 Å². The molecule has 3 saturated heterocycles. The molecule has 38 heavy (non-hydrogen) atoms. The van der Waals surface area contributed by atoms with E-state index in [1.807, 2.05) is 12.1 Å². The molecular weight excluding hydrogens is 506 g/mol. The maximum atomic E-state index is 14.4. The monoisotopic (exact) mass is 535 g/mol. The zero-order chi connectivity index (χ0) is 27.0. The van der Waals surface area contributed by atoms with Crippen LogP contribution in [0.4, 0.5) is 28.2 Å². The second-order valence-corrected chi connectivity index (χ2v) is 10.1. The molecule has 3 fully saturated rings. The average Bonchev–Trinajstić information content (AvgIpc) is 3.49. The fraction of sp³-hybridized carbons (Fsp3) is 0.500. The first-order valence-corrected chi connectivity index (χ1v) is 12.7. The fourth-order valence-corrected chi connectivity index (χ4v) is 5.54. The molecule has 2 atom stereocenters. The number of piperidine rings is 1. The van der Waals surface area contributed by atoms with Gasteiger partial charge in [0.15, 0.2) is 11.6 Å². The van der Waals surface area contributed by atoms with Crippen molar-refractivity contribution in [2.75, 3.05) is 37.6 Å². The summed E-state index contributed by atoms with van der Waals surface area (Å²) < 4.78 is 52.9. The molecule has 4 heterocycles. The lowest BCUT2D eigenvalue weighted by Crippen LogP contribution is -2.44. The highest BCUT2D eigenvalue weighted by Crippen LogP contribution is 2.33. The number of alkyl halides is 3. The first-order chi connectivity index (χ1) is 18.1. The van der Waals surface area contributed by atoms with Gasteiger partial charge in [0.05, 0.1) is 17.7 Å². The van der Waals surface area contributed by atoms with Crippen molar-refractivity contribution >= 4 is 17.8 Å². The normalized spacial score (nSPS) is 22.8. The van der Waals surface area contributed by atoms with E-state index in [9.17, 15) is 32.3 Å². The zero-order valence-corrected chi connectivity index (χ0v) is 20.6. The minimum atomic E-state index is -4.65. The molecule has 12 heteroatoms. The first-order valence-electron chi connectivity index (χ1n) is 12.7. The summed E-state index contributed by atoms with van der Waals surface area (Å²) in [5.41, 5.74) is 0.285. The van der Waals surface area contributed by atoms with E-state index >= 15 is 0 Å². The summed E-state index contributed by atoms with van der Waals surface area (Å²) in [6.07, 6.45) is -2.65. The third-order valence-electron chi connectivity index (χ3n) is 7.66. The third kappa shape index (κ3) is 5.40. The smallest absolute Gasteiger partial charge is 0.391 e. The van der Waals surface area contributed by atoms with Gasteiger partial charge in [0.25, 0.3) is 5.91 Å². The molecule has 3 aliphatic heterocycles. The number of rotatable bonds is 5. The highest BCUT2D eigenvalue weighted by Gasteiger charge is 2.39. The maximum absolute atomic E-state index is 14.4. The van der Waals surface area contributed by atoms with Crippen LogP contribution in [-0.2, 0) is 12.7 Å². The van der Waals surface area contributed by atoms with Crippen molar-refractivity contribution in [1.29, 1.82) is 0 Å². The summed E-state index contributed by atoms with van der Waals surface area (Å²) >= 11 is 0. The lowest BCUT2D eigenvalue weighted by Gasteiger charge is -2.38. The maximum Gasteiger partial charge on any atom is 0.417 e. The molecule has 8 nitrogen and oxygen atoms in total. The van der Waals surface area contributed by atoms with Gasteiger partial charge in [0.1, 0.15) is 0 Å². The van der Waals surface area contributed by atoms with Crippen molar-refractivity contribution < 1.29 is 32.3 Å². The van der Waals surface area contributed by atoms with E-state index in [0.29, 0.717) is 76.4 Å². The van der Waals surface area contributed by atoms with Crippen LogP contribution in [0, 0.1) is 11.7 Å². The van der Waals surface area contributed by atoms with Crippen LogP contribution in [-0.4, -0.2) is 76.7 Å². The summed E-state index contributed by atoms with van der Waals surface area (Å²) in [5, 5.41) is 12.6. The number of β-amino-alcohol motifs (C(OH)–C–C–N with tert-alkyl or cyclic N) is 1. The number of aliphatic hydroxyl groups excluding tert-OH is 1. The van der Waals surface area contributed by atoms with Crippen molar-refractivity contribution in [3.63, 3.8) is 0 Å². The van der Waals surface area contributed by atoms with Gasteiger partial charge in [0.2, 0.25) is 0 Å². The molecule has 0 aliphatic carbocycles. The Morgan fingerprint density at radius 1 is 1.11 bits per heavy atom. The highest BCUT2D eigenvalue weighted by atomic mass is 19.4. The summed E-state index contributed by atoms with van der Waals surface area (Å²) in [7, 11) is 0. The average molecular weight is 536 g/mol. The van der Waals surface area contributed by atoms with Crippen LogP contribution in [0.2, 0.25) is 0 Å². The minimum absolute atomic E-state index is 0.0811. The van der Waals surface area contributed by atoms with Crippen LogP contribution in [0.3, 0.4) is 0 Å². The van der Waals surface area contributed by atoms with E-state index in [4.69, 9.17) is 0 Å². The fourth-order valence-electron chi connectivity index (χ4n) is 5.54. The third-order valence-corrected chi connectivity index (χ3v) is 7.66. The number of pyridine rings is 1. The molecule has 1 aromatic carbocycles. The van der Waals surface area contributed by atoms with Crippen molar-refractivity contribution in [2.24, 2.45) is 5.92 Å². The number of benzene rings is 1. The van der Waals surface area contributed by atoms with Gasteiger partial charge in [-0.1, -0.05) is 12.1 Å². The Morgan fingerprint density at radius 2 is 1.82 bits per heavy atom. The SMILES string of the molecule is O=C(c1ccc(CN2C(=O)NCC2C2CCN(c3ncc(C(F)(F)F)cc3F)CC2)cc1)N1CC[C@@H](O)C1. The first kappa shape index (κ1) is 26.2. The van der Waals surface area contributed by atoms with Crippen molar-refractivity contribution in [3.8, 4) is 0 Å². The number of hydrogen-bond donors (Lipinski definition) is 2. The Labute approximate surface area is 217 Å². The van der Waals surface area contributed by atoms with Crippen molar-refractivity contribution in [2.45, 2.75) is 44.1 Å². The Balaban J connectivity index is 1.20. The lowest BCUT2D eigenvalue weighted by atomic mass is 9.88. The molecular formula is C26H29F4N5O3. The summed E-state index contributed by atoms with van der Waals surface area (Å²) in [6.45, 7) is 2.53. The predicted molar refractivity (Wildman–Crippen MR) is 130 cm³/mol. The molecule has 3 aliphatic rings. The number of carbonyl (C=O) groups excluding carboxylic acids is 2. The van der Waals surface area contributed by atoms with Gasteiger partial charge in [-0.25, -0.2) is 14.2 Å². The summed E-state index contributed by atoms with van der Waals surface area (Å²) in [6, 6.07) is 7.32.